The number of anilines is 2. The molecular weight excluding hydrogens is 771 g/mol. The van der Waals surface area contributed by atoms with Crippen molar-refractivity contribution < 1.29 is 36.6 Å². The summed E-state index contributed by atoms with van der Waals surface area (Å²) < 4.78 is 79.5. The van der Waals surface area contributed by atoms with E-state index in [0.29, 0.717) is 54.2 Å². The molecular formula is C44H53F4N5O4S. The first-order valence-electron chi connectivity index (χ1n) is 19.5. The maximum absolute atomic E-state index is 17.6. The Morgan fingerprint density at radius 3 is 2.00 bits per heavy atom. The molecule has 0 radical (unpaired) electrons. The Bertz CT molecular complexity index is 2040. The zero-order valence-electron chi connectivity index (χ0n) is 34.7. The van der Waals surface area contributed by atoms with E-state index in [1.807, 2.05) is 89.4 Å². The molecule has 4 aromatic rings. The summed E-state index contributed by atoms with van der Waals surface area (Å²) in [6, 6.07) is 15.9. The Hall–Kier alpha value is -4.72. The summed E-state index contributed by atoms with van der Waals surface area (Å²) >= 11 is 1.35. The van der Waals surface area contributed by atoms with Crippen LogP contribution < -0.4 is 19.3 Å². The van der Waals surface area contributed by atoms with E-state index in [9.17, 15) is 4.79 Å². The van der Waals surface area contributed by atoms with Gasteiger partial charge in [-0.05, 0) is 113 Å². The predicted octanol–water partition coefficient (Wildman–Crippen LogP) is 9.85. The van der Waals surface area contributed by atoms with Gasteiger partial charge in [0.1, 0.15) is 22.9 Å². The Morgan fingerprint density at radius 2 is 1.50 bits per heavy atom. The van der Waals surface area contributed by atoms with Crippen LogP contribution in [0.25, 0.3) is 0 Å². The van der Waals surface area contributed by atoms with Gasteiger partial charge < -0.3 is 28.9 Å². The zero-order chi connectivity index (χ0) is 42.1. The van der Waals surface area contributed by atoms with E-state index in [1.165, 1.54) is 24.8 Å². The van der Waals surface area contributed by atoms with Crippen LogP contribution in [0.15, 0.2) is 59.8 Å². The fourth-order valence-corrected chi connectivity index (χ4v) is 8.49. The minimum absolute atomic E-state index is 0.0452. The number of benzene rings is 3. The number of carbonyl (C=O) groups is 1. The van der Waals surface area contributed by atoms with Crippen LogP contribution in [-0.4, -0.2) is 72.7 Å². The lowest BCUT2D eigenvalue weighted by molar-refractivity contribution is -0.139. The van der Waals surface area contributed by atoms with Gasteiger partial charge in [-0.15, -0.1) is 0 Å². The number of aromatic nitrogens is 2. The molecule has 6 rings (SSSR count). The lowest BCUT2D eigenvalue weighted by Crippen LogP contribution is -2.55. The van der Waals surface area contributed by atoms with Crippen molar-refractivity contribution in [2.45, 2.75) is 96.4 Å². The molecule has 1 fully saturated rings. The van der Waals surface area contributed by atoms with Gasteiger partial charge in [0, 0.05) is 49.9 Å². The number of amides is 1. The molecule has 9 nitrogen and oxygen atoms in total. The van der Waals surface area contributed by atoms with Crippen molar-refractivity contribution in [2.75, 3.05) is 49.9 Å². The molecule has 1 saturated heterocycles. The smallest absolute Gasteiger partial charge is 0.417 e. The van der Waals surface area contributed by atoms with Crippen LogP contribution in [0.1, 0.15) is 79.6 Å². The number of thioether (sulfide) groups is 1. The van der Waals surface area contributed by atoms with Gasteiger partial charge >= 0.3 is 12.3 Å². The quantitative estimate of drug-likeness (QED) is 0.0883. The maximum Gasteiger partial charge on any atom is 0.417 e. The van der Waals surface area contributed by atoms with Crippen molar-refractivity contribution in [1.29, 1.82) is 0 Å². The van der Waals surface area contributed by atoms with E-state index >= 15 is 17.6 Å². The summed E-state index contributed by atoms with van der Waals surface area (Å²) in [4.78, 5) is 28.4. The number of methoxy groups -OCH3 is 2. The van der Waals surface area contributed by atoms with Gasteiger partial charge in [-0.3, -0.25) is 0 Å². The number of hydrogen-bond acceptors (Lipinski definition) is 9. The van der Waals surface area contributed by atoms with Crippen molar-refractivity contribution in [2.24, 2.45) is 5.92 Å². The number of carbonyl (C=O) groups excluding carboxylic acids is 1. The van der Waals surface area contributed by atoms with Crippen LogP contribution in [0.4, 0.5) is 33.9 Å². The zero-order valence-corrected chi connectivity index (χ0v) is 35.5. The van der Waals surface area contributed by atoms with Gasteiger partial charge in [-0.1, -0.05) is 43.0 Å². The molecule has 1 amide bonds. The fourth-order valence-electron chi connectivity index (χ4n) is 8.11. The standard InChI is InChI=1S/C44H53F4N5O4S/c1-26-20-34-35(49-41(58-9)50-40(34)53-19-18-51(23-28(53)3)42(54)57-43(4,5)6)22-33(26)37-38(44(46,47)48)27(2)21-36(39(37)45)52(24-29-10-14-31(55-7)15-11-29)25-30-12-16-32(56-8)17-13-30/h10-17,21,26,28,33H,18-20,22-25H2,1-9H3/t26-,28+,33-/m1/s1. The van der Waals surface area contributed by atoms with Crippen molar-refractivity contribution in [3.63, 3.8) is 0 Å². The van der Waals surface area contributed by atoms with E-state index in [2.05, 4.69) is 4.90 Å². The molecule has 3 atom stereocenters. The van der Waals surface area contributed by atoms with E-state index in [0.717, 1.165) is 16.7 Å². The normalized spacial score (nSPS) is 18.5. The Balaban J connectivity index is 1.41. The molecule has 1 aliphatic heterocycles. The first kappa shape index (κ1) is 42.9. The number of halogens is 4. The molecule has 0 N–H and O–H groups in total. The van der Waals surface area contributed by atoms with Gasteiger partial charge in [0.25, 0.3) is 0 Å². The third-order valence-electron chi connectivity index (χ3n) is 10.9. The molecule has 3 aromatic carbocycles. The molecule has 0 bridgehead atoms. The minimum Gasteiger partial charge on any atom is -0.497 e. The monoisotopic (exact) mass is 823 g/mol. The SMILES string of the molecule is COc1ccc(CN(Cc2ccc(OC)cc2)c2cc(C)c(C(F)(F)F)c([C@@H]3Cc4nc(SC)nc(N5CCN(C(=O)OC(C)(C)C)C[C@@H]5C)c4C[C@H]3C)c2F)cc1. The topological polar surface area (TPSA) is 80.3 Å². The average Bonchev–Trinajstić information content (AvgIpc) is 3.17. The van der Waals surface area contributed by atoms with Crippen molar-refractivity contribution in [1.82, 2.24) is 14.9 Å². The van der Waals surface area contributed by atoms with Crippen LogP contribution in [0, 0.1) is 18.7 Å². The molecule has 0 unspecified atom stereocenters. The number of alkyl halides is 3. The molecule has 14 heteroatoms. The number of aryl methyl sites for hydroxylation is 1. The molecule has 1 aromatic heterocycles. The Kier molecular flexibility index (Phi) is 12.7. The third kappa shape index (κ3) is 9.43. The summed E-state index contributed by atoms with van der Waals surface area (Å²) in [5, 5.41) is 0.482. The average molecular weight is 824 g/mol. The fraction of sp³-hybridized carbons (Fsp3) is 0.477. The van der Waals surface area contributed by atoms with Crippen molar-refractivity contribution >= 4 is 29.4 Å². The summed E-state index contributed by atoms with van der Waals surface area (Å²) in [5.74, 6) is -0.0789. The van der Waals surface area contributed by atoms with Crippen LogP contribution in [-0.2, 0) is 36.8 Å². The molecule has 312 valence electrons. The van der Waals surface area contributed by atoms with Crippen LogP contribution in [0.3, 0.4) is 0 Å². The van der Waals surface area contributed by atoms with Gasteiger partial charge in [-0.25, -0.2) is 19.2 Å². The van der Waals surface area contributed by atoms with Gasteiger partial charge in [0.2, 0.25) is 0 Å². The van der Waals surface area contributed by atoms with Gasteiger partial charge in [-0.2, -0.15) is 13.2 Å². The molecule has 1 aliphatic carbocycles. The molecule has 2 aliphatic rings. The number of fused-ring (bicyclic) bond motifs is 1. The minimum atomic E-state index is -4.81. The number of piperazine rings is 1. The second kappa shape index (κ2) is 17.2. The van der Waals surface area contributed by atoms with Gasteiger partial charge in [0.15, 0.2) is 11.0 Å². The highest BCUT2D eigenvalue weighted by atomic mass is 32.2. The highest BCUT2D eigenvalue weighted by Crippen LogP contribution is 2.48. The molecule has 2 heterocycles. The van der Waals surface area contributed by atoms with Gasteiger partial charge in [0.05, 0.1) is 31.2 Å². The van der Waals surface area contributed by atoms with E-state index in [-0.39, 0.29) is 48.5 Å². The number of nitrogens with zero attached hydrogens (tertiary/aromatic N) is 5. The number of ether oxygens (including phenoxy) is 3. The van der Waals surface area contributed by atoms with E-state index in [4.69, 9.17) is 24.2 Å². The van der Waals surface area contributed by atoms with Crippen LogP contribution >= 0.6 is 11.8 Å². The highest BCUT2D eigenvalue weighted by Gasteiger charge is 2.44. The summed E-state index contributed by atoms with van der Waals surface area (Å²) in [5.41, 5.74) is 1.29. The van der Waals surface area contributed by atoms with Crippen molar-refractivity contribution in [3.05, 3.63) is 99.5 Å². The Morgan fingerprint density at radius 1 is 0.914 bits per heavy atom. The second-order valence-electron chi connectivity index (χ2n) is 16.3. The summed E-state index contributed by atoms with van der Waals surface area (Å²) in [7, 11) is 3.14. The van der Waals surface area contributed by atoms with E-state index < -0.39 is 35.0 Å². The first-order valence-corrected chi connectivity index (χ1v) is 20.7. The second-order valence-corrected chi connectivity index (χ2v) is 17.1. The third-order valence-corrected chi connectivity index (χ3v) is 11.5. The molecule has 0 saturated carbocycles. The molecule has 0 spiro atoms. The highest BCUT2D eigenvalue weighted by molar-refractivity contribution is 7.98. The van der Waals surface area contributed by atoms with Crippen LogP contribution in [0.2, 0.25) is 0 Å². The first-order chi connectivity index (χ1) is 27.4. The predicted molar refractivity (Wildman–Crippen MR) is 220 cm³/mol. The lowest BCUT2D eigenvalue weighted by atomic mass is 9.73. The largest absolute Gasteiger partial charge is 0.497 e. The lowest BCUT2D eigenvalue weighted by Gasteiger charge is -2.42. The molecule has 58 heavy (non-hydrogen) atoms. The van der Waals surface area contributed by atoms with Crippen LogP contribution in [0.5, 0.6) is 11.5 Å². The summed E-state index contributed by atoms with van der Waals surface area (Å²) in [6.07, 6.45) is -2.88. The number of hydrogen-bond donors (Lipinski definition) is 0. The number of rotatable bonds is 10. The van der Waals surface area contributed by atoms with Crippen molar-refractivity contribution in [3.8, 4) is 11.5 Å². The van der Waals surface area contributed by atoms with E-state index in [1.54, 1.807) is 24.0 Å². The maximum atomic E-state index is 17.6. The summed E-state index contributed by atoms with van der Waals surface area (Å²) in [6.45, 7) is 12.6. The Labute approximate surface area is 343 Å².